The normalized spacial score (nSPS) is 14.6. The van der Waals surface area contributed by atoms with Gasteiger partial charge >= 0.3 is 0 Å². The first-order chi connectivity index (χ1) is 15.1. The Bertz CT molecular complexity index is 830. The third-order valence-electron chi connectivity index (χ3n) is 5.27. The summed E-state index contributed by atoms with van der Waals surface area (Å²) >= 11 is 0. The monoisotopic (exact) mass is 558 g/mol. The van der Waals surface area contributed by atoms with E-state index in [1.165, 1.54) is 0 Å². The summed E-state index contributed by atoms with van der Waals surface area (Å²) in [6.45, 7) is 7.37. The molecule has 0 atom stereocenters. The van der Waals surface area contributed by atoms with Crippen molar-refractivity contribution in [1.29, 1.82) is 0 Å². The topological polar surface area (TPSA) is 97.0 Å². The summed E-state index contributed by atoms with van der Waals surface area (Å²) in [5, 5.41) is 10.8. The van der Waals surface area contributed by atoms with Crippen molar-refractivity contribution >= 4 is 35.6 Å². The van der Waals surface area contributed by atoms with E-state index in [0.717, 1.165) is 68.5 Å². The number of aliphatic imine (C=N–C) groups is 1. The van der Waals surface area contributed by atoms with Crippen molar-refractivity contribution in [2.45, 2.75) is 45.6 Å². The summed E-state index contributed by atoms with van der Waals surface area (Å²) < 4.78 is 16.0. The van der Waals surface area contributed by atoms with E-state index >= 15 is 0 Å². The van der Waals surface area contributed by atoms with Crippen LogP contribution in [0.5, 0.6) is 11.5 Å². The van der Waals surface area contributed by atoms with Crippen molar-refractivity contribution in [1.82, 2.24) is 20.8 Å². The number of rotatable bonds is 9. The van der Waals surface area contributed by atoms with Gasteiger partial charge in [-0.25, -0.2) is 0 Å². The lowest BCUT2D eigenvalue weighted by Crippen LogP contribution is -2.48. The number of methoxy groups -OCH3 is 2. The molecule has 1 fully saturated rings. The Morgan fingerprint density at radius 2 is 1.88 bits per heavy atom. The third kappa shape index (κ3) is 7.72. The highest BCUT2D eigenvalue weighted by molar-refractivity contribution is 14.0. The molecule has 1 aromatic carbocycles. The molecule has 3 rings (SSSR count). The number of anilines is 1. The molecule has 1 saturated heterocycles. The number of ether oxygens (including phenoxy) is 2. The molecule has 2 aromatic rings. The molecule has 0 unspecified atom stereocenters. The number of nitrogens with zero attached hydrogens (tertiary/aromatic N) is 4. The molecule has 2 N–H and O–H groups in total. The lowest BCUT2D eigenvalue weighted by molar-refractivity contribution is 0.372. The van der Waals surface area contributed by atoms with Gasteiger partial charge in [0.1, 0.15) is 11.5 Å². The number of piperidine rings is 1. The first-order valence-electron chi connectivity index (χ1n) is 10.9. The van der Waals surface area contributed by atoms with Crippen molar-refractivity contribution in [3.63, 3.8) is 0 Å². The smallest absolute Gasteiger partial charge is 0.226 e. The fourth-order valence-corrected chi connectivity index (χ4v) is 3.63. The number of nitrogens with one attached hydrogen (secondary N) is 2. The molecule has 1 aromatic heterocycles. The lowest BCUT2D eigenvalue weighted by Gasteiger charge is -2.34. The van der Waals surface area contributed by atoms with E-state index in [2.05, 4.69) is 44.7 Å². The summed E-state index contributed by atoms with van der Waals surface area (Å²) in [5.41, 5.74) is 1.13. The Labute approximate surface area is 207 Å². The zero-order valence-electron chi connectivity index (χ0n) is 19.4. The maximum absolute atomic E-state index is 5.41. The van der Waals surface area contributed by atoms with Crippen LogP contribution in [-0.2, 0) is 6.42 Å². The fourth-order valence-electron chi connectivity index (χ4n) is 3.63. The van der Waals surface area contributed by atoms with E-state index in [4.69, 9.17) is 19.0 Å². The van der Waals surface area contributed by atoms with Crippen molar-refractivity contribution < 1.29 is 14.0 Å². The molecule has 178 valence electrons. The highest BCUT2D eigenvalue weighted by Crippen LogP contribution is 2.30. The first kappa shape index (κ1) is 26.0. The predicted molar refractivity (Wildman–Crippen MR) is 137 cm³/mol. The lowest BCUT2D eigenvalue weighted by atomic mass is 10.0. The van der Waals surface area contributed by atoms with E-state index in [-0.39, 0.29) is 24.0 Å². The van der Waals surface area contributed by atoms with Gasteiger partial charge in [0.05, 0.1) is 14.2 Å². The molecule has 0 aliphatic carbocycles. The van der Waals surface area contributed by atoms with Gasteiger partial charge in [-0.3, -0.25) is 4.99 Å². The van der Waals surface area contributed by atoms with Gasteiger partial charge in [-0.15, -0.1) is 24.0 Å². The minimum Gasteiger partial charge on any atom is -0.497 e. The SMILES string of the molecule is CCNC(=NCCCc1nc(C)no1)NC1CCN(c2cc(OC)cc(OC)c2)CC1.I. The Kier molecular flexibility index (Phi) is 10.8. The zero-order chi connectivity index (χ0) is 22.1. The number of aryl methyl sites for hydroxylation is 2. The van der Waals surface area contributed by atoms with Gasteiger partial charge in [0.25, 0.3) is 0 Å². The molecule has 0 amide bonds. The third-order valence-corrected chi connectivity index (χ3v) is 5.27. The maximum atomic E-state index is 5.41. The van der Waals surface area contributed by atoms with Crippen LogP contribution >= 0.6 is 24.0 Å². The van der Waals surface area contributed by atoms with Gasteiger partial charge in [-0.2, -0.15) is 4.98 Å². The van der Waals surface area contributed by atoms with Crippen LogP contribution in [0, 0.1) is 6.92 Å². The summed E-state index contributed by atoms with van der Waals surface area (Å²) in [5.74, 6) is 3.84. The van der Waals surface area contributed by atoms with Crippen LogP contribution in [0.1, 0.15) is 37.9 Å². The van der Waals surface area contributed by atoms with Crippen molar-refractivity contribution in [3.8, 4) is 11.5 Å². The quantitative estimate of drug-likeness (QED) is 0.210. The molecule has 1 aliphatic rings. The van der Waals surface area contributed by atoms with Crippen LogP contribution in [0.25, 0.3) is 0 Å². The Morgan fingerprint density at radius 1 is 1.19 bits per heavy atom. The molecule has 0 spiro atoms. The van der Waals surface area contributed by atoms with Crippen LogP contribution in [-0.4, -0.2) is 62.5 Å². The molecular formula is C22H35IN6O3. The number of hydrogen-bond acceptors (Lipinski definition) is 7. The first-order valence-corrected chi connectivity index (χ1v) is 10.9. The zero-order valence-corrected chi connectivity index (χ0v) is 21.7. The fraction of sp³-hybridized carbons (Fsp3) is 0.591. The van der Waals surface area contributed by atoms with E-state index in [1.807, 2.05) is 13.0 Å². The molecule has 0 bridgehead atoms. The molecule has 9 nitrogen and oxygen atoms in total. The van der Waals surface area contributed by atoms with Crippen molar-refractivity contribution in [3.05, 3.63) is 29.9 Å². The Morgan fingerprint density at radius 3 is 2.44 bits per heavy atom. The predicted octanol–water partition coefficient (Wildman–Crippen LogP) is 3.17. The summed E-state index contributed by atoms with van der Waals surface area (Å²) in [6.07, 6.45) is 3.68. The van der Waals surface area contributed by atoms with Gasteiger partial charge in [0, 0.05) is 62.5 Å². The minimum atomic E-state index is 0. The number of hydrogen-bond donors (Lipinski definition) is 2. The average molecular weight is 558 g/mol. The molecule has 0 saturated carbocycles. The summed E-state index contributed by atoms with van der Waals surface area (Å²) in [6, 6.07) is 6.41. The van der Waals surface area contributed by atoms with E-state index in [1.54, 1.807) is 14.2 Å². The molecule has 0 radical (unpaired) electrons. The molecule has 1 aliphatic heterocycles. The van der Waals surface area contributed by atoms with Gasteiger partial charge in [0.15, 0.2) is 11.8 Å². The van der Waals surface area contributed by atoms with E-state index < -0.39 is 0 Å². The Hall–Kier alpha value is -2.24. The van der Waals surface area contributed by atoms with Crippen LogP contribution in [0.4, 0.5) is 5.69 Å². The van der Waals surface area contributed by atoms with Gasteiger partial charge in [-0.1, -0.05) is 5.16 Å². The second kappa shape index (κ2) is 13.3. The highest BCUT2D eigenvalue weighted by atomic mass is 127. The van der Waals surface area contributed by atoms with Gasteiger partial charge in [0.2, 0.25) is 5.89 Å². The molecule has 2 heterocycles. The highest BCUT2D eigenvalue weighted by Gasteiger charge is 2.21. The van der Waals surface area contributed by atoms with Crippen LogP contribution in [0.3, 0.4) is 0 Å². The number of benzene rings is 1. The summed E-state index contributed by atoms with van der Waals surface area (Å²) in [4.78, 5) is 11.3. The molecule has 32 heavy (non-hydrogen) atoms. The molecular weight excluding hydrogens is 523 g/mol. The van der Waals surface area contributed by atoms with Crippen molar-refractivity contribution in [2.24, 2.45) is 4.99 Å². The largest absolute Gasteiger partial charge is 0.497 e. The number of aromatic nitrogens is 2. The maximum Gasteiger partial charge on any atom is 0.226 e. The van der Waals surface area contributed by atoms with E-state index in [0.29, 0.717) is 24.3 Å². The number of halogens is 1. The van der Waals surface area contributed by atoms with E-state index in [9.17, 15) is 0 Å². The second-order valence-electron chi connectivity index (χ2n) is 7.58. The average Bonchev–Trinajstić information content (AvgIpc) is 3.21. The Balaban J connectivity index is 0.00000363. The summed E-state index contributed by atoms with van der Waals surface area (Å²) in [7, 11) is 3.36. The van der Waals surface area contributed by atoms with Crippen LogP contribution in [0.15, 0.2) is 27.7 Å². The standard InChI is InChI=1S/C22H34N6O3.HI/c1-5-23-22(24-10-6-7-21-25-16(2)27-31-21)26-17-8-11-28(12-9-17)18-13-19(29-3)15-20(14-18)30-4;/h13-15,17H,5-12H2,1-4H3,(H2,23,24,26);1H. The number of guanidine groups is 1. The van der Waals surface area contributed by atoms with Gasteiger partial charge in [-0.05, 0) is 33.1 Å². The van der Waals surface area contributed by atoms with Crippen LogP contribution in [0.2, 0.25) is 0 Å². The van der Waals surface area contributed by atoms with Crippen LogP contribution < -0.4 is 25.0 Å². The second-order valence-corrected chi connectivity index (χ2v) is 7.58. The molecule has 10 heteroatoms. The minimum absolute atomic E-state index is 0. The van der Waals surface area contributed by atoms with Gasteiger partial charge < -0.3 is 29.5 Å². The van der Waals surface area contributed by atoms with Crippen molar-refractivity contribution in [2.75, 3.05) is 45.3 Å².